The molecule has 0 nitrogen and oxygen atoms in total. The second kappa shape index (κ2) is 21.6. The fraction of sp³-hybridized carbons (Fsp3) is 0.0667. The Bertz CT molecular complexity index is 3550. The molecule has 0 fully saturated rings. The first-order valence-electron chi connectivity index (χ1n) is 21.5. The summed E-state index contributed by atoms with van der Waals surface area (Å²) in [4.78, 5) is 0. The lowest BCUT2D eigenvalue weighted by Gasteiger charge is -2.10. The van der Waals surface area contributed by atoms with Crippen LogP contribution in [0, 0.1) is 47.4 Å². The van der Waals surface area contributed by atoms with Gasteiger partial charge in [-0.25, -0.2) is 0 Å². The van der Waals surface area contributed by atoms with E-state index in [0.717, 1.165) is 54.3 Å². The Kier molecular flexibility index (Phi) is 14.8. The van der Waals surface area contributed by atoms with E-state index in [1.165, 1.54) is 57.4 Å². The van der Waals surface area contributed by atoms with Crippen LogP contribution in [-0.4, -0.2) is 25.0 Å². The van der Waals surface area contributed by atoms with Gasteiger partial charge in [0.2, 0.25) is 0 Å². The summed E-state index contributed by atoms with van der Waals surface area (Å²) in [6, 6.07) is 55.1. The van der Waals surface area contributed by atoms with Crippen molar-refractivity contribution in [1.82, 2.24) is 0 Å². The fourth-order valence-electron chi connectivity index (χ4n) is 8.30. The molecule has 2 heterocycles. The molecule has 0 amide bonds. The molecule has 0 saturated carbocycles. The minimum absolute atomic E-state index is 0.718. The van der Waals surface area contributed by atoms with Crippen molar-refractivity contribution < 1.29 is 0 Å². The van der Waals surface area contributed by atoms with Gasteiger partial charge in [0.15, 0.2) is 0 Å². The maximum Gasteiger partial charge on any atom is 0.0842 e. The summed E-state index contributed by atoms with van der Waals surface area (Å²) in [5, 5.41) is 13.7. The van der Waals surface area contributed by atoms with E-state index in [-0.39, 0.29) is 0 Å². The van der Waals surface area contributed by atoms with Gasteiger partial charge in [-0.15, -0.1) is 47.0 Å². The lowest BCUT2D eigenvalue weighted by molar-refractivity contribution is 1.65. The maximum absolute atomic E-state index is 3.57. The number of thioether (sulfide) groups is 8. The molecule has 0 unspecified atom stereocenters. The molecule has 326 valence electrons. The second-order valence-electron chi connectivity index (χ2n) is 15.1. The van der Waals surface area contributed by atoms with Crippen molar-refractivity contribution in [2.45, 2.75) is 0 Å². The van der Waals surface area contributed by atoms with Gasteiger partial charge < -0.3 is 0 Å². The average molecular weight is 1020 g/mol. The highest BCUT2D eigenvalue weighted by atomic mass is 32.3. The maximum atomic E-state index is 3.57. The van der Waals surface area contributed by atoms with Crippen LogP contribution in [0.3, 0.4) is 0 Å². The third kappa shape index (κ3) is 9.44. The first-order valence-corrected chi connectivity index (χ1v) is 29.6. The van der Waals surface area contributed by atoms with E-state index in [4.69, 9.17) is 0 Å². The van der Waals surface area contributed by atoms with E-state index in [1.54, 1.807) is 0 Å². The zero-order chi connectivity index (χ0) is 46.4. The molecule has 0 aromatic heterocycles. The molecule has 0 N–H and O–H groups in total. The van der Waals surface area contributed by atoms with Crippen LogP contribution in [0.4, 0.5) is 0 Å². The van der Waals surface area contributed by atoms with Crippen LogP contribution in [0.25, 0.3) is 62.7 Å². The van der Waals surface area contributed by atoms with Crippen LogP contribution in [0.2, 0.25) is 0 Å². The minimum Gasteiger partial charge on any atom is -0.121 e. The zero-order valence-corrected chi connectivity index (χ0v) is 43.8. The van der Waals surface area contributed by atoms with Gasteiger partial charge in [0, 0.05) is 32.0 Å². The summed E-state index contributed by atoms with van der Waals surface area (Å²) >= 11 is 14.8. The predicted octanol–water partition coefficient (Wildman–Crippen LogP) is 14.2. The lowest BCUT2D eigenvalue weighted by atomic mass is 9.95. The van der Waals surface area contributed by atoms with Crippen molar-refractivity contribution >= 4 is 157 Å². The van der Waals surface area contributed by atoms with Gasteiger partial charge in [0.25, 0.3) is 0 Å². The molecule has 0 atom stereocenters. The number of hydrogen-bond acceptors (Lipinski definition) is 8. The minimum atomic E-state index is 0.718. The van der Waals surface area contributed by atoms with Crippen molar-refractivity contribution in [3.8, 4) is 47.4 Å². The molecule has 2 aliphatic heterocycles. The van der Waals surface area contributed by atoms with Crippen LogP contribution in [-0.2, 0) is 0 Å². The quantitative estimate of drug-likeness (QED) is 0.125. The molecule has 8 aromatic carbocycles. The highest BCUT2D eigenvalue weighted by Gasteiger charge is 2.24. The molecule has 10 rings (SSSR count). The molecule has 8 heteroatoms. The van der Waals surface area contributed by atoms with E-state index < -0.39 is 0 Å². The van der Waals surface area contributed by atoms with Crippen LogP contribution in [0.5, 0.6) is 0 Å². The number of fused-ring (bicyclic) bond motifs is 4. The molecular formula is C60H38S8. The highest BCUT2D eigenvalue weighted by molar-refractivity contribution is 8.46. The van der Waals surface area contributed by atoms with Crippen LogP contribution in [0.15, 0.2) is 175 Å². The van der Waals surface area contributed by atoms with Crippen molar-refractivity contribution in [2.24, 2.45) is 0 Å². The molecule has 0 radical (unpaired) electrons. The van der Waals surface area contributed by atoms with Gasteiger partial charge in [-0.2, -0.15) is 0 Å². The largest absolute Gasteiger partial charge is 0.121 e. The Morgan fingerprint density at radius 2 is 0.588 bits per heavy atom. The molecular weight excluding hydrogens is 977 g/mol. The van der Waals surface area contributed by atoms with E-state index >= 15 is 0 Å². The van der Waals surface area contributed by atoms with Gasteiger partial charge in [-0.05, 0) is 116 Å². The van der Waals surface area contributed by atoms with E-state index in [1.807, 2.05) is 155 Å². The van der Waals surface area contributed by atoms with Gasteiger partial charge in [-0.1, -0.05) is 204 Å². The molecule has 0 spiro atoms. The number of rotatable bonds is 4. The molecule has 68 heavy (non-hydrogen) atoms. The molecule has 0 aliphatic carbocycles. The normalized spacial score (nSPS) is 13.2. The number of benzene rings is 8. The van der Waals surface area contributed by atoms with Gasteiger partial charge in [0.05, 0.1) is 36.6 Å². The van der Waals surface area contributed by atoms with Crippen LogP contribution in [0.1, 0.15) is 11.1 Å². The predicted molar refractivity (Wildman–Crippen MR) is 316 cm³/mol. The summed E-state index contributed by atoms with van der Waals surface area (Å²) in [6.07, 6.45) is 8.67. The Hall–Kier alpha value is -5.20. The molecule has 0 bridgehead atoms. The smallest absolute Gasteiger partial charge is 0.0842 e. The second-order valence-corrected chi connectivity index (χ2v) is 24.0. The lowest BCUT2D eigenvalue weighted by Crippen LogP contribution is -2.17. The van der Waals surface area contributed by atoms with E-state index in [0.29, 0.717) is 0 Å². The van der Waals surface area contributed by atoms with E-state index in [2.05, 4.69) is 169 Å². The Morgan fingerprint density at radius 1 is 0.324 bits per heavy atom. The summed E-state index contributed by atoms with van der Waals surface area (Å²) in [6.45, 7) is 0. The fourth-order valence-corrected chi connectivity index (χ4v) is 18.6. The van der Waals surface area contributed by atoms with Crippen molar-refractivity contribution in [3.63, 3.8) is 0 Å². The average Bonchev–Trinajstić information content (AvgIpc) is 4.02. The summed E-state index contributed by atoms with van der Waals surface area (Å²) in [5.74, 6) is 27.8. The molecule has 8 aromatic rings. The molecule has 0 saturated heterocycles. The van der Waals surface area contributed by atoms with Crippen molar-refractivity contribution in [2.75, 3.05) is 25.0 Å². The first kappa shape index (κ1) is 46.5. The Balaban J connectivity index is 1.26. The first-order chi connectivity index (χ1) is 33.6. The zero-order valence-electron chi connectivity index (χ0n) is 37.3. The SMILES string of the molecule is CSC1=C(SC)SC(=c2c3ccccc3c(=C(C#CC#CC(C#Cc3ccccc3)=c3c4ccccc4c(=C4SC(SC)=C(SC)S4)c4ccccc34)C#Cc3ccccc3)c3ccccc23)S1. The van der Waals surface area contributed by atoms with Crippen molar-refractivity contribution in [3.05, 3.63) is 207 Å². The molecule has 2 aliphatic rings. The van der Waals surface area contributed by atoms with Gasteiger partial charge >= 0.3 is 0 Å². The topological polar surface area (TPSA) is 0 Å². The van der Waals surface area contributed by atoms with Crippen LogP contribution >= 0.6 is 94.1 Å². The number of hydrogen-bond donors (Lipinski definition) is 0. The third-order valence-corrected chi connectivity index (χ3v) is 21.7. The van der Waals surface area contributed by atoms with Gasteiger partial charge in [-0.3, -0.25) is 0 Å². The standard InChI is InChI=1S/C60H38S8/c1-61-57-58(62-2)66-55(65-57)53-47-31-17-13-27-43(47)51(44-28-14-18-32-48(44)53)41(37-35-39-21-7-5-8-22-39)25-11-12-26-42(38-36-40-23-9-6-10-24-40)52-45-29-15-19-33-49(45)54(50-34-20-16-30-46(50)52)56-67-59(63-3)60(64-4)68-56/h5-10,13-24,27-34H,1-4H3. The summed E-state index contributed by atoms with van der Waals surface area (Å²) < 4.78 is 7.98. The van der Waals surface area contributed by atoms with Crippen LogP contribution < -0.4 is 20.9 Å². The van der Waals surface area contributed by atoms with Gasteiger partial charge in [0.1, 0.15) is 0 Å². The Labute approximate surface area is 431 Å². The Morgan fingerprint density at radius 3 is 0.868 bits per heavy atom. The monoisotopic (exact) mass is 1010 g/mol. The van der Waals surface area contributed by atoms with Crippen molar-refractivity contribution in [1.29, 1.82) is 0 Å². The highest BCUT2D eigenvalue weighted by Crippen LogP contribution is 2.58. The van der Waals surface area contributed by atoms with E-state index in [9.17, 15) is 0 Å². The summed E-state index contributed by atoms with van der Waals surface area (Å²) in [7, 11) is 0. The summed E-state index contributed by atoms with van der Waals surface area (Å²) in [5.41, 5.74) is 3.28. The third-order valence-electron chi connectivity index (χ3n) is 11.2.